The van der Waals surface area contributed by atoms with Crippen molar-refractivity contribution in [1.82, 2.24) is 9.88 Å². The molecule has 0 saturated heterocycles. The molecule has 3 heteroatoms. The molecule has 17 heavy (non-hydrogen) atoms. The Morgan fingerprint density at radius 1 is 1.41 bits per heavy atom. The van der Waals surface area contributed by atoms with Crippen molar-refractivity contribution < 1.29 is 4.74 Å². The van der Waals surface area contributed by atoms with E-state index in [-0.39, 0.29) is 0 Å². The molecule has 0 radical (unpaired) electrons. The Bertz CT molecular complexity index is 557. The lowest BCUT2D eigenvalue weighted by molar-refractivity contribution is 0.415. The Morgan fingerprint density at radius 2 is 2.29 bits per heavy atom. The van der Waals surface area contributed by atoms with Crippen molar-refractivity contribution in [2.24, 2.45) is 0 Å². The summed E-state index contributed by atoms with van der Waals surface area (Å²) in [6.45, 7) is 5.27. The minimum absolute atomic E-state index is 0.973. The van der Waals surface area contributed by atoms with Crippen LogP contribution in [-0.2, 0) is 19.5 Å². The van der Waals surface area contributed by atoms with E-state index < -0.39 is 0 Å². The van der Waals surface area contributed by atoms with Crippen LogP contribution in [0.3, 0.4) is 0 Å². The molecule has 0 bridgehead atoms. The molecule has 0 atom stereocenters. The molecule has 90 valence electrons. The lowest BCUT2D eigenvalue weighted by Gasteiger charge is -2.19. The van der Waals surface area contributed by atoms with Crippen LogP contribution < -0.4 is 10.1 Å². The zero-order valence-corrected chi connectivity index (χ0v) is 10.4. The van der Waals surface area contributed by atoms with Crippen molar-refractivity contribution in [3.05, 3.63) is 29.5 Å². The van der Waals surface area contributed by atoms with Crippen molar-refractivity contribution in [2.75, 3.05) is 13.7 Å². The van der Waals surface area contributed by atoms with Gasteiger partial charge in [-0.1, -0.05) is 19.1 Å². The smallest absolute Gasteiger partial charge is 0.143 e. The van der Waals surface area contributed by atoms with E-state index >= 15 is 0 Å². The molecular weight excluding hydrogens is 212 g/mol. The molecule has 1 aromatic carbocycles. The summed E-state index contributed by atoms with van der Waals surface area (Å²) < 4.78 is 7.93. The third-order valence-corrected chi connectivity index (χ3v) is 3.65. The molecule has 3 rings (SSSR count). The van der Waals surface area contributed by atoms with Crippen LogP contribution >= 0.6 is 0 Å². The second kappa shape index (κ2) is 4.08. The normalized spacial score (nSPS) is 14.9. The molecule has 0 amide bonds. The van der Waals surface area contributed by atoms with Gasteiger partial charge >= 0.3 is 0 Å². The van der Waals surface area contributed by atoms with E-state index in [1.54, 1.807) is 7.11 Å². The summed E-state index contributed by atoms with van der Waals surface area (Å²) in [5.74, 6) is 0.991. The van der Waals surface area contributed by atoms with Crippen molar-refractivity contribution in [1.29, 1.82) is 0 Å². The fourth-order valence-corrected chi connectivity index (χ4v) is 2.90. The van der Waals surface area contributed by atoms with Crippen LogP contribution in [0.4, 0.5) is 0 Å². The van der Waals surface area contributed by atoms with Crippen LogP contribution in [0.25, 0.3) is 10.9 Å². The zero-order valence-electron chi connectivity index (χ0n) is 10.4. The van der Waals surface area contributed by atoms with Gasteiger partial charge in [-0.25, -0.2) is 0 Å². The average Bonchev–Trinajstić information content (AvgIpc) is 2.72. The molecule has 1 aromatic heterocycles. The molecule has 2 aromatic rings. The van der Waals surface area contributed by atoms with Crippen molar-refractivity contribution >= 4 is 10.9 Å². The van der Waals surface area contributed by atoms with Gasteiger partial charge in [0.15, 0.2) is 0 Å². The third kappa shape index (κ3) is 1.46. The first kappa shape index (κ1) is 10.7. The minimum atomic E-state index is 0.973. The van der Waals surface area contributed by atoms with E-state index in [1.165, 1.54) is 22.2 Å². The molecule has 0 fully saturated rings. The van der Waals surface area contributed by atoms with Gasteiger partial charge in [0, 0.05) is 30.7 Å². The maximum atomic E-state index is 5.51. The predicted octanol–water partition coefficient (Wildman–Crippen LogP) is 2.32. The van der Waals surface area contributed by atoms with Gasteiger partial charge in [-0.3, -0.25) is 0 Å². The van der Waals surface area contributed by atoms with E-state index in [4.69, 9.17) is 4.74 Å². The second-order valence-electron chi connectivity index (χ2n) is 4.46. The number of rotatable bonds is 2. The van der Waals surface area contributed by atoms with Gasteiger partial charge in [0.05, 0.1) is 12.6 Å². The molecule has 2 heterocycles. The van der Waals surface area contributed by atoms with Gasteiger partial charge in [0.2, 0.25) is 0 Å². The van der Waals surface area contributed by atoms with Gasteiger partial charge in [-0.2, -0.15) is 0 Å². The standard InChI is InChI=1S/C14H18N2O/c1-3-10-11-5-4-6-13(17-2)14(11)16-8-7-15-9-12(10)16/h4-6,15H,3,7-9H2,1-2H3. The molecule has 0 saturated carbocycles. The Labute approximate surface area is 101 Å². The van der Waals surface area contributed by atoms with Gasteiger partial charge in [-0.05, 0) is 18.1 Å². The molecule has 1 aliphatic heterocycles. The van der Waals surface area contributed by atoms with E-state index in [0.29, 0.717) is 0 Å². The van der Waals surface area contributed by atoms with Gasteiger partial charge in [0.25, 0.3) is 0 Å². The van der Waals surface area contributed by atoms with Gasteiger partial charge < -0.3 is 14.6 Å². The number of aromatic nitrogens is 1. The second-order valence-corrected chi connectivity index (χ2v) is 4.46. The van der Waals surface area contributed by atoms with E-state index in [2.05, 4.69) is 35.0 Å². The number of fused-ring (bicyclic) bond motifs is 3. The van der Waals surface area contributed by atoms with E-state index in [0.717, 1.165) is 31.8 Å². The number of benzene rings is 1. The third-order valence-electron chi connectivity index (χ3n) is 3.65. The minimum Gasteiger partial charge on any atom is -0.495 e. The Kier molecular flexibility index (Phi) is 2.56. The summed E-state index contributed by atoms with van der Waals surface area (Å²) >= 11 is 0. The molecule has 0 spiro atoms. The highest BCUT2D eigenvalue weighted by atomic mass is 16.5. The fourth-order valence-electron chi connectivity index (χ4n) is 2.90. The maximum absolute atomic E-state index is 5.51. The fraction of sp³-hybridized carbons (Fsp3) is 0.429. The summed E-state index contributed by atoms with van der Waals surface area (Å²) in [6, 6.07) is 6.35. The van der Waals surface area contributed by atoms with Gasteiger partial charge in [-0.15, -0.1) is 0 Å². The number of nitrogens with one attached hydrogen (secondary N) is 1. The van der Waals surface area contributed by atoms with Crippen molar-refractivity contribution in [3.8, 4) is 5.75 Å². The first-order chi connectivity index (χ1) is 8.36. The lowest BCUT2D eigenvalue weighted by atomic mass is 10.1. The monoisotopic (exact) mass is 230 g/mol. The summed E-state index contributed by atoms with van der Waals surface area (Å²) in [6.07, 6.45) is 1.08. The number of methoxy groups -OCH3 is 1. The highest BCUT2D eigenvalue weighted by Gasteiger charge is 2.20. The Hall–Kier alpha value is -1.48. The molecule has 1 aliphatic rings. The highest BCUT2D eigenvalue weighted by Crippen LogP contribution is 2.34. The summed E-state index contributed by atoms with van der Waals surface area (Å²) in [5.41, 5.74) is 4.16. The molecule has 0 aliphatic carbocycles. The SMILES string of the molecule is CCc1c2n(c3c(OC)cccc13)CCNC2. The largest absolute Gasteiger partial charge is 0.495 e. The molecule has 1 N–H and O–H groups in total. The van der Waals surface area contributed by atoms with Crippen LogP contribution in [0, 0.1) is 0 Å². The molecular formula is C14H18N2O. The van der Waals surface area contributed by atoms with Crippen LogP contribution in [0.5, 0.6) is 5.75 Å². The van der Waals surface area contributed by atoms with Crippen LogP contribution in [-0.4, -0.2) is 18.2 Å². The van der Waals surface area contributed by atoms with E-state index in [9.17, 15) is 0 Å². The summed E-state index contributed by atoms with van der Waals surface area (Å²) in [4.78, 5) is 0. The number of nitrogens with zero attached hydrogens (tertiary/aromatic N) is 1. The average molecular weight is 230 g/mol. The highest BCUT2D eigenvalue weighted by molar-refractivity contribution is 5.90. The van der Waals surface area contributed by atoms with Crippen LogP contribution in [0.2, 0.25) is 0 Å². The van der Waals surface area contributed by atoms with Crippen LogP contribution in [0.1, 0.15) is 18.2 Å². The van der Waals surface area contributed by atoms with Crippen molar-refractivity contribution in [2.45, 2.75) is 26.4 Å². The number of aryl methyl sites for hydroxylation is 1. The first-order valence-electron chi connectivity index (χ1n) is 6.24. The van der Waals surface area contributed by atoms with Gasteiger partial charge in [0.1, 0.15) is 5.75 Å². The predicted molar refractivity (Wildman–Crippen MR) is 69.6 cm³/mol. The number of para-hydroxylation sites is 1. The maximum Gasteiger partial charge on any atom is 0.143 e. The van der Waals surface area contributed by atoms with E-state index in [1.807, 2.05) is 0 Å². The number of ether oxygens (including phenoxy) is 1. The Morgan fingerprint density at radius 3 is 3.06 bits per heavy atom. The molecule has 0 unspecified atom stereocenters. The summed E-state index contributed by atoms with van der Waals surface area (Å²) in [7, 11) is 1.75. The number of hydrogen-bond acceptors (Lipinski definition) is 2. The molecule has 3 nitrogen and oxygen atoms in total. The topological polar surface area (TPSA) is 26.2 Å². The Balaban J connectivity index is 2.39. The zero-order chi connectivity index (χ0) is 11.8. The quantitative estimate of drug-likeness (QED) is 0.857. The van der Waals surface area contributed by atoms with Crippen LogP contribution in [0.15, 0.2) is 18.2 Å². The first-order valence-corrected chi connectivity index (χ1v) is 6.24. The summed E-state index contributed by atoms with van der Waals surface area (Å²) in [5, 5.41) is 4.80. The number of hydrogen-bond donors (Lipinski definition) is 1. The van der Waals surface area contributed by atoms with Crippen molar-refractivity contribution in [3.63, 3.8) is 0 Å². The lowest BCUT2D eigenvalue weighted by Crippen LogP contribution is -2.28.